The van der Waals surface area contributed by atoms with Crippen LogP contribution in [-0.2, 0) is 13.1 Å². The number of carbonyl (C=O) groups is 1. The Kier molecular flexibility index (Phi) is 6.40. The maximum atomic E-state index is 13.0. The van der Waals surface area contributed by atoms with Crippen LogP contribution in [0.25, 0.3) is 0 Å². The van der Waals surface area contributed by atoms with E-state index < -0.39 is 0 Å². The van der Waals surface area contributed by atoms with E-state index in [1.54, 1.807) is 12.4 Å². The normalized spacial score (nSPS) is 15.5. The molecule has 1 saturated heterocycles. The number of nitrogens with one attached hydrogen (secondary N) is 1. The maximum Gasteiger partial charge on any atom is 0.318 e. The van der Waals surface area contributed by atoms with Crippen LogP contribution >= 0.6 is 0 Å². The van der Waals surface area contributed by atoms with Crippen molar-refractivity contribution in [1.29, 1.82) is 0 Å². The average Bonchev–Trinajstić information content (AvgIpc) is 2.67. The highest BCUT2D eigenvalue weighted by Gasteiger charge is 2.27. The van der Waals surface area contributed by atoms with Gasteiger partial charge in [0.05, 0.1) is 0 Å². The smallest absolute Gasteiger partial charge is 0.318 e. The zero-order chi connectivity index (χ0) is 19.2. The number of nitrogens with zero attached hydrogens (tertiary/aromatic N) is 4. The Hall–Kier alpha value is -2.47. The lowest BCUT2D eigenvalue weighted by atomic mass is 10.0. The zero-order valence-corrected chi connectivity index (χ0v) is 16.5. The number of amides is 2. The fourth-order valence-corrected chi connectivity index (χ4v) is 3.54. The summed E-state index contributed by atoms with van der Waals surface area (Å²) in [5.74, 6) is 0. The Balaban J connectivity index is 1.69. The van der Waals surface area contributed by atoms with Crippen LogP contribution in [0.2, 0.25) is 0 Å². The molecule has 2 aromatic rings. The number of aryl methyl sites for hydroxylation is 2. The molecule has 0 bridgehead atoms. The zero-order valence-electron chi connectivity index (χ0n) is 16.5. The first-order chi connectivity index (χ1) is 13.0. The predicted molar refractivity (Wildman–Crippen MR) is 106 cm³/mol. The van der Waals surface area contributed by atoms with E-state index in [9.17, 15) is 4.79 Å². The molecule has 1 aliphatic heterocycles. The summed E-state index contributed by atoms with van der Waals surface area (Å²) < 4.78 is 0. The van der Waals surface area contributed by atoms with Gasteiger partial charge in [-0.05, 0) is 81.7 Å². The minimum Gasteiger partial charge on any atom is -0.334 e. The van der Waals surface area contributed by atoms with Crippen LogP contribution in [0.3, 0.4) is 0 Å². The van der Waals surface area contributed by atoms with Gasteiger partial charge in [0, 0.05) is 43.4 Å². The number of piperidine rings is 1. The van der Waals surface area contributed by atoms with Gasteiger partial charge in [-0.2, -0.15) is 0 Å². The molecule has 6 heteroatoms. The van der Waals surface area contributed by atoms with Gasteiger partial charge < -0.3 is 15.1 Å². The number of urea groups is 1. The summed E-state index contributed by atoms with van der Waals surface area (Å²) in [6.45, 7) is 7.18. The molecule has 3 heterocycles. The van der Waals surface area contributed by atoms with Crippen molar-refractivity contribution in [3.8, 4) is 0 Å². The third kappa shape index (κ3) is 5.26. The van der Waals surface area contributed by atoms with E-state index in [1.807, 2.05) is 36.2 Å². The van der Waals surface area contributed by atoms with E-state index >= 15 is 0 Å². The van der Waals surface area contributed by atoms with E-state index in [0.717, 1.165) is 48.3 Å². The quantitative estimate of drug-likeness (QED) is 0.883. The fraction of sp³-hybridized carbons (Fsp3) is 0.476. The molecule has 0 saturated carbocycles. The minimum absolute atomic E-state index is 0.0126. The van der Waals surface area contributed by atoms with Crippen LogP contribution in [0.5, 0.6) is 0 Å². The Morgan fingerprint density at radius 1 is 1.26 bits per heavy atom. The van der Waals surface area contributed by atoms with Gasteiger partial charge in [0.25, 0.3) is 0 Å². The SMILES string of the molecule is Cc1cc(C)c(CNC(=O)N(Cc2ccncc2)C2CCN(C)CC2)cn1. The van der Waals surface area contributed by atoms with Crippen molar-refractivity contribution in [1.82, 2.24) is 25.1 Å². The van der Waals surface area contributed by atoms with E-state index in [-0.39, 0.29) is 12.1 Å². The lowest BCUT2D eigenvalue weighted by molar-refractivity contribution is 0.127. The van der Waals surface area contributed by atoms with E-state index in [2.05, 4.69) is 34.2 Å². The van der Waals surface area contributed by atoms with Gasteiger partial charge in [0.2, 0.25) is 0 Å². The van der Waals surface area contributed by atoms with Crippen molar-refractivity contribution in [2.75, 3.05) is 20.1 Å². The first-order valence-electron chi connectivity index (χ1n) is 9.57. The van der Waals surface area contributed by atoms with Gasteiger partial charge >= 0.3 is 6.03 Å². The van der Waals surface area contributed by atoms with Crippen LogP contribution in [0.4, 0.5) is 4.79 Å². The average molecular weight is 367 g/mol. The van der Waals surface area contributed by atoms with Crippen molar-refractivity contribution in [3.63, 3.8) is 0 Å². The number of carbonyl (C=O) groups excluding carboxylic acids is 1. The van der Waals surface area contributed by atoms with Crippen LogP contribution in [0.15, 0.2) is 36.8 Å². The number of likely N-dealkylation sites (tertiary alicyclic amines) is 1. The van der Waals surface area contributed by atoms with Crippen molar-refractivity contribution in [2.24, 2.45) is 0 Å². The highest BCUT2D eigenvalue weighted by molar-refractivity contribution is 5.74. The molecule has 27 heavy (non-hydrogen) atoms. The van der Waals surface area contributed by atoms with Crippen LogP contribution in [0.1, 0.15) is 35.2 Å². The molecule has 0 atom stereocenters. The fourth-order valence-electron chi connectivity index (χ4n) is 3.54. The molecule has 2 aromatic heterocycles. The van der Waals surface area contributed by atoms with Gasteiger partial charge in [-0.3, -0.25) is 9.97 Å². The molecular formula is C21H29N5O. The number of hydrogen-bond donors (Lipinski definition) is 1. The van der Waals surface area contributed by atoms with Crippen LogP contribution in [0, 0.1) is 13.8 Å². The molecule has 0 unspecified atom stereocenters. The molecule has 144 valence electrons. The largest absolute Gasteiger partial charge is 0.334 e. The van der Waals surface area contributed by atoms with E-state index in [0.29, 0.717) is 13.1 Å². The molecule has 1 N–H and O–H groups in total. The first kappa shape index (κ1) is 19.3. The summed E-state index contributed by atoms with van der Waals surface area (Å²) in [6, 6.07) is 6.24. The van der Waals surface area contributed by atoms with Crippen molar-refractivity contribution in [3.05, 3.63) is 59.2 Å². The summed E-state index contributed by atoms with van der Waals surface area (Å²) in [4.78, 5) is 25.8. The summed E-state index contributed by atoms with van der Waals surface area (Å²) in [5, 5.41) is 3.11. The second kappa shape index (κ2) is 8.95. The molecular weight excluding hydrogens is 338 g/mol. The second-order valence-corrected chi connectivity index (χ2v) is 7.43. The van der Waals surface area contributed by atoms with Crippen LogP contribution in [-0.4, -0.2) is 52.0 Å². The third-order valence-corrected chi connectivity index (χ3v) is 5.28. The Morgan fingerprint density at radius 2 is 1.96 bits per heavy atom. The number of aromatic nitrogens is 2. The third-order valence-electron chi connectivity index (χ3n) is 5.28. The summed E-state index contributed by atoms with van der Waals surface area (Å²) in [5.41, 5.74) is 4.31. The van der Waals surface area contributed by atoms with Crippen molar-refractivity contribution < 1.29 is 4.79 Å². The maximum absolute atomic E-state index is 13.0. The first-order valence-corrected chi connectivity index (χ1v) is 9.57. The van der Waals surface area contributed by atoms with Gasteiger partial charge in [-0.15, -0.1) is 0 Å². The molecule has 1 aliphatic rings. The van der Waals surface area contributed by atoms with Crippen LogP contribution < -0.4 is 5.32 Å². The van der Waals surface area contributed by atoms with Gasteiger partial charge in [0.15, 0.2) is 0 Å². The van der Waals surface area contributed by atoms with Crippen molar-refractivity contribution >= 4 is 6.03 Å². The molecule has 3 rings (SSSR count). The Morgan fingerprint density at radius 3 is 2.63 bits per heavy atom. The molecule has 0 radical (unpaired) electrons. The number of pyridine rings is 2. The summed E-state index contributed by atoms with van der Waals surface area (Å²) in [6.07, 6.45) is 7.41. The lowest BCUT2D eigenvalue weighted by Crippen LogP contribution is -2.49. The Bertz CT molecular complexity index is 756. The molecule has 0 spiro atoms. The monoisotopic (exact) mass is 367 g/mol. The predicted octanol–water partition coefficient (Wildman–Crippen LogP) is 2.90. The van der Waals surface area contributed by atoms with Gasteiger partial charge in [0.1, 0.15) is 0 Å². The number of hydrogen-bond acceptors (Lipinski definition) is 4. The molecule has 6 nitrogen and oxygen atoms in total. The second-order valence-electron chi connectivity index (χ2n) is 7.43. The van der Waals surface area contributed by atoms with Gasteiger partial charge in [-0.25, -0.2) is 4.79 Å². The van der Waals surface area contributed by atoms with E-state index in [4.69, 9.17) is 0 Å². The minimum atomic E-state index is -0.0126. The molecule has 1 fully saturated rings. The molecule has 2 amide bonds. The molecule has 0 aliphatic carbocycles. The van der Waals surface area contributed by atoms with Gasteiger partial charge in [-0.1, -0.05) is 0 Å². The van der Waals surface area contributed by atoms with Crippen molar-refractivity contribution in [2.45, 2.75) is 45.8 Å². The summed E-state index contributed by atoms with van der Waals surface area (Å²) in [7, 11) is 2.14. The summed E-state index contributed by atoms with van der Waals surface area (Å²) >= 11 is 0. The number of rotatable bonds is 5. The van der Waals surface area contributed by atoms with E-state index in [1.165, 1.54) is 0 Å². The highest BCUT2D eigenvalue weighted by Crippen LogP contribution is 2.19. The topological polar surface area (TPSA) is 61.4 Å². The lowest BCUT2D eigenvalue weighted by Gasteiger charge is -2.37. The Labute approximate surface area is 161 Å². The standard InChI is InChI=1S/C21H29N5O/c1-16-12-17(2)23-13-19(16)14-24-21(27)26(15-18-4-8-22-9-5-18)20-6-10-25(3)11-7-20/h4-5,8-9,12-13,20H,6-7,10-11,14-15H2,1-3H3,(H,24,27). The molecule has 0 aromatic carbocycles. The highest BCUT2D eigenvalue weighted by atomic mass is 16.2.